The monoisotopic (exact) mass is 491 g/mol. The van der Waals surface area contributed by atoms with E-state index in [9.17, 15) is 4.79 Å². The number of ether oxygens (including phenoxy) is 2. The standard InChI is InChI=1S/C26H22ClN3O3S/c1-32-24-14-18(7-11-23(24)33-16-19-5-9-20(27)10-6-19)8-12-25(31)29-15-21-17-34-26(30-21)22-4-2-3-13-28-22/h2-14,17H,15-16H2,1H3,(H,29,31)/b12-8+. The van der Waals surface area contributed by atoms with E-state index in [1.165, 1.54) is 17.4 Å². The van der Waals surface area contributed by atoms with Gasteiger partial charge in [0.15, 0.2) is 11.5 Å². The van der Waals surface area contributed by atoms with Crippen LogP contribution >= 0.6 is 22.9 Å². The molecule has 2 aromatic carbocycles. The van der Waals surface area contributed by atoms with Gasteiger partial charge in [-0.3, -0.25) is 9.78 Å². The third kappa shape index (κ3) is 6.43. The Bertz CT molecular complexity index is 1270. The number of hydrogen-bond donors (Lipinski definition) is 1. The summed E-state index contributed by atoms with van der Waals surface area (Å²) in [7, 11) is 1.58. The summed E-state index contributed by atoms with van der Waals surface area (Å²) in [5, 5.41) is 6.27. The minimum absolute atomic E-state index is 0.214. The Balaban J connectivity index is 1.31. The summed E-state index contributed by atoms with van der Waals surface area (Å²) in [6.45, 7) is 0.733. The maximum Gasteiger partial charge on any atom is 0.244 e. The lowest BCUT2D eigenvalue weighted by Gasteiger charge is -2.11. The van der Waals surface area contributed by atoms with Gasteiger partial charge >= 0.3 is 0 Å². The molecule has 0 aliphatic rings. The van der Waals surface area contributed by atoms with Gasteiger partial charge in [-0.25, -0.2) is 4.98 Å². The fraction of sp³-hybridized carbons (Fsp3) is 0.115. The van der Waals surface area contributed by atoms with Gasteiger partial charge < -0.3 is 14.8 Å². The lowest BCUT2D eigenvalue weighted by atomic mass is 10.2. The topological polar surface area (TPSA) is 73.3 Å². The van der Waals surface area contributed by atoms with E-state index in [-0.39, 0.29) is 5.91 Å². The molecule has 0 atom stereocenters. The lowest BCUT2D eigenvalue weighted by Crippen LogP contribution is -2.20. The Hall–Kier alpha value is -3.68. The van der Waals surface area contributed by atoms with Crippen molar-refractivity contribution in [2.24, 2.45) is 0 Å². The van der Waals surface area contributed by atoms with Crippen LogP contribution in [0.15, 0.2) is 78.3 Å². The Kier molecular flexibility index (Phi) is 7.91. The summed E-state index contributed by atoms with van der Waals surface area (Å²) in [5.74, 6) is 0.988. The van der Waals surface area contributed by atoms with Crippen molar-refractivity contribution in [3.8, 4) is 22.2 Å². The first-order chi connectivity index (χ1) is 16.6. The summed E-state index contributed by atoms with van der Waals surface area (Å²) in [5.41, 5.74) is 3.42. The molecule has 34 heavy (non-hydrogen) atoms. The molecular formula is C26H22ClN3O3S. The number of amides is 1. The third-order valence-electron chi connectivity index (χ3n) is 4.80. The molecule has 2 heterocycles. The van der Waals surface area contributed by atoms with E-state index < -0.39 is 0 Å². The Morgan fingerprint density at radius 3 is 2.74 bits per heavy atom. The summed E-state index contributed by atoms with van der Waals surface area (Å²) in [6.07, 6.45) is 4.94. The normalized spacial score (nSPS) is 10.9. The van der Waals surface area contributed by atoms with E-state index in [4.69, 9.17) is 21.1 Å². The average Bonchev–Trinajstić information content (AvgIpc) is 3.36. The van der Waals surface area contributed by atoms with Crippen LogP contribution < -0.4 is 14.8 Å². The van der Waals surface area contributed by atoms with Gasteiger partial charge in [0.1, 0.15) is 11.6 Å². The van der Waals surface area contributed by atoms with Crippen molar-refractivity contribution >= 4 is 34.9 Å². The number of halogens is 1. The van der Waals surface area contributed by atoms with Crippen LogP contribution in [0.1, 0.15) is 16.8 Å². The fourth-order valence-electron chi connectivity index (χ4n) is 3.05. The van der Waals surface area contributed by atoms with Crippen molar-refractivity contribution in [1.29, 1.82) is 0 Å². The van der Waals surface area contributed by atoms with Crippen molar-refractivity contribution in [3.05, 3.63) is 100 Å². The number of nitrogens with one attached hydrogen (secondary N) is 1. The minimum atomic E-state index is -0.214. The molecule has 0 aliphatic carbocycles. The van der Waals surface area contributed by atoms with Crippen molar-refractivity contribution in [1.82, 2.24) is 15.3 Å². The fourth-order valence-corrected chi connectivity index (χ4v) is 3.97. The molecule has 8 heteroatoms. The first kappa shape index (κ1) is 23.5. The second-order valence-corrected chi connectivity index (χ2v) is 8.53. The van der Waals surface area contributed by atoms with Crippen molar-refractivity contribution in [2.75, 3.05) is 7.11 Å². The molecule has 0 fully saturated rings. The molecule has 0 saturated carbocycles. The quantitative estimate of drug-likeness (QED) is 0.301. The second kappa shape index (κ2) is 11.4. The van der Waals surface area contributed by atoms with Gasteiger partial charge in [0, 0.05) is 22.7 Å². The molecule has 0 saturated heterocycles. The summed E-state index contributed by atoms with van der Waals surface area (Å²) < 4.78 is 11.3. The average molecular weight is 492 g/mol. The molecule has 4 aromatic rings. The van der Waals surface area contributed by atoms with Crippen molar-refractivity contribution in [2.45, 2.75) is 13.2 Å². The molecule has 0 bridgehead atoms. The predicted octanol–water partition coefficient (Wildman–Crippen LogP) is 5.78. The van der Waals surface area contributed by atoms with Crippen LogP contribution in [0.3, 0.4) is 0 Å². The smallest absolute Gasteiger partial charge is 0.244 e. The molecule has 0 spiro atoms. The summed E-state index contributed by atoms with van der Waals surface area (Å²) in [6, 6.07) is 18.7. The number of thiazole rings is 1. The Labute approximate surface area is 206 Å². The predicted molar refractivity (Wildman–Crippen MR) is 135 cm³/mol. The van der Waals surface area contributed by atoms with E-state index in [2.05, 4.69) is 15.3 Å². The number of pyridine rings is 1. The number of nitrogens with zero attached hydrogens (tertiary/aromatic N) is 2. The first-order valence-electron chi connectivity index (χ1n) is 10.5. The number of hydrogen-bond acceptors (Lipinski definition) is 6. The number of methoxy groups -OCH3 is 1. The summed E-state index contributed by atoms with van der Waals surface area (Å²) in [4.78, 5) is 21.1. The van der Waals surface area contributed by atoms with E-state index in [0.29, 0.717) is 29.7 Å². The highest BCUT2D eigenvalue weighted by molar-refractivity contribution is 7.13. The van der Waals surface area contributed by atoms with Gasteiger partial charge in [-0.2, -0.15) is 0 Å². The SMILES string of the molecule is COc1cc(/C=C/C(=O)NCc2csc(-c3ccccn3)n2)ccc1OCc1ccc(Cl)cc1. The molecular weight excluding hydrogens is 470 g/mol. The molecule has 172 valence electrons. The number of carbonyl (C=O) groups excluding carboxylic acids is 1. The molecule has 6 nitrogen and oxygen atoms in total. The van der Waals surface area contributed by atoms with Crippen LogP contribution in [0.2, 0.25) is 5.02 Å². The maximum absolute atomic E-state index is 12.3. The van der Waals surface area contributed by atoms with Gasteiger partial charge in [-0.05, 0) is 53.6 Å². The number of carbonyl (C=O) groups is 1. The zero-order chi connectivity index (χ0) is 23.8. The minimum Gasteiger partial charge on any atom is -0.493 e. The highest BCUT2D eigenvalue weighted by Gasteiger charge is 2.08. The van der Waals surface area contributed by atoms with Crippen LogP contribution in [0.25, 0.3) is 16.8 Å². The third-order valence-corrected chi connectivity index (χ3v) is 5.97. The molecule has 1 N–H and O–H groups in total. The largest absolute Gasteiger partial charge is 0.493 e. The van der Waals surface area contributed by atoms with E-state index in [1.54, 1.807) is 19.4 Å². The first-order valence-corrected chi connectivity index (χ1v) is 11.7. The highest BCUT2D eigenvalue weighted by atomic mass is 35.5. The second-order valence-electron chi connectivity index (χ2n) is 7.24. The zero-order valence-corrected chi connectivity index (χ0v) is 20.0. The molecule has 1 amide bonds. The number of benzene rings is 2. The molecule has 0 aliphatic heterocycles. The molecule has 4 rings (SSSR count). The summed E-state index contributed by atoms with van der Waals surface area (Å²) >= 11 is 7.42. The van der Waals surface area contributed by atoms with Crippen LogP contribution in [-0.2, 0) is 17.9 Å². The van der Waals surface area contributed by atoms with Crippen LogP contribution in [-0.4, -0.2) is 23.0 Å². The van der Waals surface area contributed by atoms with Gasteiger partial charge in [0.25, 0.3) is 0 Å². The van der Waals surface area contributed by atoms with Gasteiger partial charge in [-0.15, -0.1) is 11.3 Å². The zero-order valence-electron chi connectivity index (χ0n) is 18.4. The van der Waals surface area contributed by atoms with Gasteiger partial charge in [-0.1, -0.05) is 35.9 Å². The lowest BCUT2D eigenvalue weighted by molar-refractivity contribution is -0.116. The van der Waals surface area contributed by atoms with E-state index >= 15 is 0 Å². The molecule has 0 unspecified atom stereocenters. The molecule has 2 aromatic heterocycles. The maximum atomic E-state index is 12.3. The Morgan fingerprint density at radius 1 is 1.12 bits per heavy atom. The number of aromatic nitrogens is 2. The Morgan fingerprint density at radius 2 is 1.97 bits per heavy atom. The molecule has 0 radical (unpaired) electrons. The van der Waals surface area contributed by atoms with Crippen molar-refractivity contribution < 1.29 is 14.3 Å². The number of rotatable bonds is 9. The van der Waals surface area contributed by atoms with Crippen LogP contribution in [0, 0.1) is 0 Å². The van der Waals surface area contributed by atoms with E-state index in [0.717, 1.165) is 27.5 Å². The van der Waals surface area contributed by atoms with Crippen molar-refractivity contribution in [3.63, 3.8) is 0 Å². The highest BCUT2D eigenvalue weighted by Crippen LogP contribution is 2.29. The van der Waals surface area contributed by atoms with Gasteiger partial charge in [0.05, 0.1) is 25.0 Å². The van der Waals surface area contributed by atoms with E-state index in [1.807, 2.05) is 66.0 Å². The van der Waals surface area contributed by atoms with Gasteiger partial charge in [0.2, 0.25) is 5.91 Å². The van der Waals surface area contributed by atoms with Crippen LogP contribution in [0.4, 0.5) is 0 Å². The van der Waals surface area contributed by atoms with Crippen LogP contribution in [0.5, 0.6) is 11.5 Å².